The summed E-state index contributed by atoms with van der Waals surface area (Å²) in [4.78, 5) is 11.8. The van der Waals surface area contributed by atoms with Crippen LogP contribution in [0.25, 0.3) is 10.8 Å². The minimum atomic E-state index is 0.488. The molecule has 3 aromatic rings. The molecule has 0 atom stereocenters. The number of benzene rings is 1. The maximum atomic E-state index is 10.9. The van der Waals surface area contributed by atoms with Gasteiger partial charge in [-0.15, -0.1) is 21.5 Å². The number of carbonyl (C=O) groups is 1. The summed E-state index contributed by atoms with van der Waals surface area (Å²) in [6.45, 7) is 0. The standard InChI is InChI=1S/C15H12N2O3S2/c1-19-12-5-4-10(8-18)7-11(12)9-22-15-17-16-14(20-15)13-3-2-6-21-13/h2-8H,9H2,1H3. The minimum Gasteiger partial charge on any atom is -0.496 e. The molecule has 0 aliphatic heterocycles. The van der Waals surface area contributed by atoms with Crippen molar-refractivity contribution in [2.24, 2.45) is 0 Å². The summed E-state index contributed by atoms with van der Waals surface area (Å²) >= 11 is 2.96. The van der Waals surface area contributed by atoms with Crippen LogP contribution in [-0.4, -0.2) is 23.6 Å². The second-order valence-corrected chi connectivity index (χ2v) is 6.20. The van der Waals surface area contributed by atoms with Gasteiger partial charge >= 0.3 is 0 Å². The fourth-order valence-corrected chi connectivity index (χ4v) is 3.28. The van der Waals surface area contributed by atoms with E-state index in [1.165, 1.54) is 11.8 Å². The molecule has 0 N–H and O–H groups in total. The SMILES string of the molecule is COc1ccc(C=O)cc1CSc1nnc(-c2cccs2)o1. The van der Waals surface area contributed by atoms with Gasteiger partial charge in [-0.25, -0.2) is 0 Å². The molecule has 0 spiro atoms. The summed E-state index contributed by atoms with van der Waals surface area (Å²) in [6, 6.07) is 9.18. The second kappa shape index (κ2) is 6.76. The largest absolute Gasteiger partial charge is 0.496 e. The third-order valence-corrected chi connectivity index (χ3v) is 4.66. The van der Waals surface area contributed by atoms with Crippen LogP contribution in [-0.2, 0) is 5.75 Å². The third-order valence-electron chi connectivity index (χ3n) is 2.93. The zero-order chi connectivity index (χ0) is 15.4. The van der Waals surface area contributed by atoms with Crippen molar-refractivity contribution >= 4 is 29.4 Å². The predicted octanol–water partition coefficient (Wildman–Crippen LogP) is 3.91. The molecule has 22 heavy (non-hydrogen) atoms. The monoisotopic (exact) mass is 332 g/mol. The van der Waals surface area contributed by atoms with Crippen LogP contribution in [0.4, 0.5) is 0 Å². The van der Waals surface area contributed by atoms with Crippen molar-refractivity contribution < 1.29 is 13.9 Å². The smallest absolute Gasteiger partial charge is 0.277 e. The molecule has 0 saturated carbocycles. The minimum absolute atomic E-state index is 0.488. The van der Waals surface area contributed by atoms with Crippen molar-refractivity contribution in [2.75, 3.05) is 7.11 Å². The van der Waals surface area contributed by atoms with Gasteiger partial charge < -0.3 is 9.15 Å². The highest BCUT2D eigenvalue weighted by Gasteiger charge is 2.11. The van der Waals surface area contributed by atoms with Gasteiger partial charge in [0.1, 0.15) is 12.0 Å². The van der Waals surface area contributed by atoms with Crippen LogP contribution < -0.4 is 4.74 Å². The van der Waals surface area contributed by atoms with Gasteiger partial charge in [0.2, 0.25) is 0 Å². The second-order valence-electron chi connectivity index (χ2n) is 4.33. The van der Waals surface area contributed by atoms with E-state index in [1.54, 1.807) is 36.6 Å². The van der Waals surface area contributed by atoms with E-state index in [1.807, 2.05) is 17.5 Å². The highest BCUT2D eigenvalue weighted by molar-refractivity contribution is 7.98. The number of hydrogen-bond donors (Lipinski definition) is 0. The first-order valence-corrected chi connectivity index (χ1v) is 8.29. The molecule has 2 heterocycles. The van der Waals surface area contributed by atoms with Gasteiger partial charge in [-0.2, -0.15) is 0 Å². The fraction of sp³-hybridized carbons (Fsp3) is 0.133. The average Bonchev–Trinajstić information content (AvgIpc) is 3.23. The first kappa shape index (κ1) is 14.8. The lowest BCUT2D eigenvalue weighted by Gasteiger charge is -2.07. The number of carbonyl (C=O) groups excluding carboxylic acids is 1. The molecule has 112 valence electrons. The van der Waals surface area contributed by atoms with Gasteiger partial charge in [0, 0.05) is 16.9 Å². The zero-order valence-corrected chi connectivity index (χ0v) is 13.3. The number of nitrogens with zero attached hydrogens (tertiary/aromatic N) is 2. The lowest BCUT2D eigenvalue weighted by atomic mass is 10.1. The van der Waals surface area contributed by atoms with Crippen molar-refractivity contribution in [3.8, 4) is 16.5 Å². The Bertz CT molecular complexity index is 769. The van der Waals surface area contributed by atoms with Crippen LogP contribution in [0.15, 0.2) is 45.4 Å². The van der Waals surface area contributed by atoms with Crippen molar-refractivity contribution in [3.63, 3.8) is 0 Å². The number of thioether (sulfide) groups is 1. The van der Waals surface area contributed by atoms with Crippen LogP contribution in [0.2, 0.25) is 0 Å². The molecule has 7 heteroatoms. The van der Waals surface area contributed by atoms with E-state index in [2.05, 4.69) is 10.2 Å². The van der Waals surface area contributed by atoms with Gasteiger partial charge in [-0.3, -0.25) is 4.79 Å². The zero-order valence-electron chi connectivity index (χ0n) is 11.7. The molecule has 1 aromatic carbocycles. The van der Waals surface area contributed by atoms with Gasteiger partial charge in [-0.1, -0.05) is 17.8 Å². The molecule has 0 radical (unpaired) electrons. The number of methoxy groups -OCH3 is 1. The molecule has 5 nitrogen and oxygen atoms in total. The first-order valence-electron chi connectivity index (χ1n) is 6.42. The maximum absolute atomic E-state index is 10.9. The van der Waals surface area contributed by atoms with Gasteiger partial charge in [0.15, 0.2) is 0 Å². The number of rotatable bonds is 6. The Labute approximate surface area is 135 Å². The molecule has 0 bridgehead atoms. The molecule has 0 aliphatic rings. The van der Waals surface area contributed by atoms with Gasteiger partial charge in [0.25, 0.3) is 11.1 Å². The lowest BCUT2D eigenvalue weighted by molar-refractivity contribution is 0.112. The van der Waals surface area contributed by atoms with Crippen molar-refractivity contribution in [1.29, 1.82) is 0 Å². The van der Waals surface area contributed by atoms with Gasteiger partial charge in [0.05, 0.1) is 12.0 Å². The maximum Gasteiger partial charge on any atom is 0.277 e. The summed E-state index contributed by atoms with van der Waals surface area (Å²) < 4.78 is 10.9. The molecule has 0 saturated heterocycles. The van der Waals surface area contributed by atoms with Gasteiger partial charge in [-0.05, 0) is 29.6 Å². The first-order chi connectivity index (χ1) is 10.8. The normalized spacial score (nSPS) is 10.6. The Morgan fingerprint density at radius 2 is 2.27 bits per heavy atom. The number of thiophene rings is 1. The van der Waals surface area contributed by atoms with E-state index in [9.17, 15) is 4.79 Å². The Morgan fingerprint density at radius 3 is 3.00 bits per heavy atom. The Morgan fingerprint density at radius 1 is 1.36 bits per heavy atom. The lowest BCUT2D eigenvalue weighted by Crippen LogP contribution is -1.92. The fourth-order valence-electron chi connectivity index (χ4n) is 1.89. The number of aromatic nitrogens is 2. The van der Waals surface area contributed by atoms with E-state index in [-0.39, 0.29) is 0 Å². The molecule has 0 unspecified atom stereocenters. The molecule has 2 aromatic heterocycles. The third kappa shape index (κ3) is 3.20. The quantitative estimate of drug-likeness (QED) is 0.504. The van der Waals surface area contributed by atoms with Crippen LogP contribution in [0.5, 0.6) is 5.75 Å². The highest BCUT2D eigenvalue weighted by atomic mass is 32.2. The number of hydrogen-bond acceptors (Lipinski definition) is 7. The highest BCUT2D eigenvalue weighted by Crippen LogP contribution is 2.30. The average molecular weight is 332 g/mol. The van der Waals surface area contributed by atoms with Crippen molar-refractivity contribution in [1.82, 2.24) is 10.2 Å². The predicted molar refractivity (Wildman–Crippen MR) is 85.6 cm³/mol. The van der Waals surface area contributed by atoms with E-state index in [0.717, 1.165) is 22.5 Å². The molecular formula is C15H12N2O3S2. The van der Waals surface area contributed by atoms with Crippen molar-refractivity contribution in [2.45, 2.75) is 11.0 Å². The molecular weight excluding hydrogens is 320 g/mol. The van der Waals surface area contributed by atoms with Crippen molar-refractivity contribution in [3.05, 3.63) is 46.8 Å². The summed E-state index contributed by atoms with van der Waals surface area (Å²) in [7, 11) is 1.60. The summed E-state index contributed by atoms with van der Waals surface area (Å²) in [6.07, 6.45) is 0.815. The Kier molecular flexibility index (Phi) is 4.55. The molecule has 3 rings (SSSR count). The molecule has 0 fully saturated rings. The van der Waals surface area contributed by atoms with E-state index in [4.69, 9.17) is 9.15 Å². The van der Waals surface area contributed by atoms with Crippen LogP contribution in [0, 0.1) is 0 Å². The van der Waals surface area contributed by atoms with E-state index >= 15 is 0 Å². The topological polar surface area (TPSA) is 65.2 Å². The summed E-state index contributed by atoms with van der Waals surface area (Å²) in [5.41, 5.74) is 1.52. The van der Waals surface area contributed by atoms with E-state index in [0.29, 0.717) is 22.4 Å². The van der Waals surface area contributed by atoms with Crippen LogP contribution >= 0.6 is 23.1 Å². The van der Waals surface area contributed by atoms with Crippen LogP contribution in [0.1, 0.15) is 15.9 Å². The Balaban J connectivity index is 1.74. The van der Waals surface area contributed by atoms with E-state index < -0.39 is 0 Å². The molecule has 0 aliphatic carbocycles. The summed E-state index contributed by atoms with van der Waals surface area (Å²) in [5, 5.41) is 10.5. The summed E-state index contributed by atoms with van der Waals surface area (Å²) in [5.74, 6) is 1.83. The number of aldehydes is 1. The van der Waals surface area contributed by atoms with Crippen LogP contribution in [0.3, 0.4) is 0 Å². The Hall–Kier alpha value is -2.12. The number of ether oxygens (including phenoxy) is 1. The molecule has 0 amide bonds.